The van der Waals surface area contributed by atoms with Gasteiger partial charge in [0.15, 0.2) is 11.5 Å². The molecule has 0 N–H and O–H groups in total. The van der Waals surface area contributed by atoms with Crippen molar-refractivity contribution < 1.29 is 23.5 Å². The predicted octanol–water partition coefficient (Wildman–Crippen LogP) is 2.32. The largest absolute Gasteiger partial charge is 0.481 e. The van der Waals surface area contributed by atoms with Crippen LogP contribution in [0.1, 0.15) is 24.3 Å². The van der Waals surface area contributed by atoms with E-state index in [4.69, 9.17) is 18.7 Å². The number of rotatable bonds is 5. The highest BCUT2D eigenvalue weighted by molar-refractivity contribution is 5.88. The van der Waals surface area contributed by atoms with Crippen LogP contribution in [0.2, 0.25) is 0 Å². The lowest BCUT2D eigenvalue weighted by molar-refractivity contribution is 0.0366. The van der Waals surface area contributed by atoms with Gasteiger partial charge in [-0.05, 0) is 19.9 Å². The maximum atomic E-state index is 11.7. The zero-order chi connectivity index (χ0) is 15.4. The third-order valence-electron chi connectivity index (χ3n) is 2.56. The zero-order valence-electron chi connectivity index (χ0n) is 12.2. The Morgan fingerprint density at radius 3 is 2.62 bits per heavy atom. The molecule has 2 aromatic heterocycles. The minimum Gasteiger partial charge on any atom is -0.481 e. The molecule has 0 saturated heterocycles. The number of aromatic nitrogens is 2. The van der Waals surface area contributed by atoms with E-state index in [1.807, 2.05) is 0 Å². The minimum atomic E-state index is -0.541. The first kappa shape index (κ1) is 14.8. The van der Waals surface area contributed by atoms with Crippen molar-refractivity contribution in [2.75, 3.05) is 14.2 Å². The Labute approximate surface area is 121 Å². The predicted molar refractivity (Wildman–Crippen MR) is 73.4 cm³/mol. The number of hydrogen-bond donors (Lipinski definition) is 0. The van der Waals surface area contributed by atoms with Crippen LogP contribution in [0.5, 0.6) is 11.8 Å². The lowest BCUT2D eigenvalue weighted by Crippen LogP contribution is -2.11. The molecule has 21 heavy (non-hydrogen) atoms. The molecular formula is C14H16N2O5. The van der Waals surface area contributed by atoms with Gasteiger partial charge in [-0.1, -0.05) is 5.16 Å². The van der Waals surface area contributed by atoms with Gasteiger partial charge in [0, 0.05) is 12.1 Å². The van der Waals surface area contributed by atoms with E-state index in [0.29, 0.717) is 23.1 Å². The Bertz CT molecular complexity index is 636. The molecule has 7 nitrogen and oxygen atoms in total. The van der Waals surface area contributed by atoms with E-state index < -0.39 is 5.97 Å². The van der Waals surface area contributed by atoms with E-state index in [0.717, 1.165) is 0 Å². The van der Waals surface area contributed by atoms with Gasteiger partial charge in [0.05, 0.1) is 25.9 Å². The van der Waals surface area contributed by atoms with E-state index >= 15 is 0 Å². The van der Waals surface area contributed by atoms with Crippen molar-refractivity contribution in [2.24, 2.45) is 0 Å². The molecule has 0 fully saturated rings. The second-order valence-corrected chi connectivity index (χ2v) is 4.44. The number of esters is 1. The molecule has 0 aliphatic carbocycles. The molecule has 0 aliphatic rings. The van der Waals surface area contributed by atoms with Gasteiger partial charge in [0.2, 0.25) is 11.8 Å². The Morgan fingerprint density at radius 2 is 2.00 bits per heavy atom. The third-order valence-corrected chi connectivity index (χ3v) is 2.56. The fourth-order valence-electron chi connectivity index (χ4n) is 1.65. The quantitative estimate of drug-likeness (QED) is 0.782. The molecule has 0 aromatic carbocycles. The summed E-state index contributed by atoms with van der Waals surface area (Å²) >= 11 is 0. The molecular weight excluding hydrogens is 276 g/mol. The van der Waals surface area contributed by atoms with Crippen LogP contribution >= 0.6 is 0 Å². The molecule has 2 rings (SSSR count). The lowest BCUT2D eigenvalue weighted by Gasteiger charge is -2.06. The number of hydrogen-bond acceptors (Lipinski definition) is 7. The van der Waals surface area contributed by atoms with Crippen LogP contribution < -0.4 is 9.47 Å². The Balaban J connectivity index is 2.31. The van der Waals surface area contributed by atoms with Gasteiger partial charge in [-0.15, -0.1) is 0 Å². The lowest BCUT2D eigenvalue weighted by atomic mass is 10.2. The van der Waals surface area contributed by atoms with E-state index in [1.165, 1.54) is 20.3 Å². The first-order chi connectivity index (χ1) is 10.0. The molecule has 7 heteroatoms. The number of carbonyl (C=O) groups excluding carboxylic acids is 1. The normalized spacial score (nSPS) is 10.5. The molecule has 0 unspecified atom stereocenters. The second kappa shape index (κ2) is 6.25. The van der Waals surface area contributed by atoms with Crippen LogP contribution in [0.15, 0.2) is 22.7 Å². The number of methoxy groups -OCH3 is 2. The van der Waals surface area contributed by atoms with Crippen molar-refractivity contribution in [2.45, 2.75) is 20.0 Å². The van der Waals surface area contributed by atoms with Crippen LogP contribution in [0.25, 0.3) is 11.3 Å². The van der Waals surface area contributed by atoms with E-state index in [9.17, 15) is 4.79 Å². The fourth-order valence-corrected chi connectivity index (χ4v) is 1.65. The minimum absolute atomic E-state index is 0.0940. The highest BCUT2D eigenvalue weighted by Gasteiger charge is 2.19. The summed E-state index contributed by atoms with van der Waals surface area (Å²) in [5.74, 6) is 0.544. The van der Waals surface area contributed by atoms with Crippen molar-refractivity contribution in [3.8, 4) is 23.1 Å². The van der Waals surface area contributed by atoms with Gasteiger partial charge >= 0.3 is 5.97 Å². The van der Waals surface area contributed by atoms with Crippen LogP contribution in [0, 0.1) is 0 Å². The Hall–Kier alpha value is -2.57. The first-order valence-electron chi connectivity index (χ1n) is 6.32. The number of ether oxygens (including phenoxy) is 3. The number of pyridine rings is 1. The summed E-state index contributed by atoms with van der Waals surface area (Å²) in [6.45, 7) is 3.52. The summed E-state index contributed by atoms with van der Waals surface area (Å²) in [5.41, 5.74) is 0.658. The van der Waals surface area contributed by atoms with Crippen molar-refractivity contribution >= 4 is 5.97 Å². The molecule has 0 aliphatic heterocycles. The maximum absolute atomic E-state index is 11.7. The summed E-state index contributed by atoms with van der Waals surface area (Å²) in [6, 6.07) is 4.85. The average molecular weight is 292 g/mol. The summed E-state index contributed by atoms with van der Waals surface area (Å²) in [5, 5.41) is 3.70. The van der Waals surface area contributed by atoms with Gasteiger partial charge < -0.3 is 18.7 Å². The second-order valence-electron chi connectivity index (χ2n) is 4.44. The fraction of sp³-hybridized carbons (Fsp3) is 0.357. The Kier molecular flexibility index (Phi) is 4.42. The van der Waals surface area contributed by atoms with Crippen molar-refractivity contribution in [3.05, 3.63) is 23.9 Å². The smallest absolute Gasteiger partial charge is 0.360 e. The maximum Gasteiger partial charge on any atom is 0.360 e. The van der Waals surface area contributed by atoms with Gasteiger partial charge in [0.1, 0.15) is 0 Å². The van der Waals surface area contributed by atoms with Crippen LogP contribution in [-0.2, 0) is 4.74 Å². The summed E-state index contributed by atoms with van der Waals surface area (Å²) < 4.78 is 20.4. The zero-order valence-corrected chi connectivity index (χ0v) is 12.2. The molecule has 2 heterocycles. The molecule has 0 atom stereocenters. The van der Waals surface area contributed by atoms with Crippen molar-refractivity contribution in [1.82, 2.24) is 10.1 Å². The van der Waals surface area contributed by atoms with Crippen LogP contribution in [0.3, 0.4) is 0 Å². The van der Waals surface area contributed by atoms with Crippen molar-refractivity contribution in [1.29, 1.82) is 0 Å². The molecule has 0 bridgehead atoms. The Morgan fingerprint density at radius 1 is 1.24 bits per heavy atom. The van der Waals surface area contributed by atoms with Gasteiger partial charge in [-0.25, -0.2) is 4.79 Å². The van der Waals surface area contributed by atoms with Gasteiger partial charge in [-0.3, -0.25) is 0 Å². The van der Waals surface area contributed by atoms with Crippen LogP contribution in [0.4, 0.5) is 0 Å². The molecule has 0 spiro atoms. The topological polar surface area (TPSA) is 83.7 Å². The SMILES string of the molecule is COc1ccc(-c2cc(C(=O)OC(C)C)no2)c(OC)n1. The standard InChI is InChI=1S/C14H16N2O5/c1-8(2)20-14(17)10-7-11(21-16-10)9-5-6-12(18-3)15-13(9)19-4/h5-8H,1-4H3. The number of carbonyl (C=O) groups is 1. The highest BCUT2D eigenvalue weighted by atomic mass is 16.5. The van der Waals surface area contributed by atoms with Crippen LogP contribution in [-0.4, -0.2) is 36.4 Å². The first-order valence-corrected chi connectivity index (χ1v) is 6.32. The van der Waals surface area contributed by atoms with E-state index in [2.05, 4.69) is 10.1 Å². The van der Waals surface area contributed by atoms with E-state index in [1.54, 1.807) is 26.0 Å². The average Bonchev–Trinajstić information content (AvgIpc) is 2.95. The summed E-state index contributed by atoms with van der Waals surface area (Å²) in [7, 11) is 2.99. The summed E-state index contributed by atoms with van der Waals surface area (Å²) in [6.07, 6.45) is -0.227. The van der Waals surface area contributed by atoms with Gasteiger partial charge in [0.25, 0.3) is 0 Å². The monoisotopic (exact) mass is 292 g/mol. The summed E-state index contributed by atoms with van der Waals surface area (Å²) in [4.78, 5) is 15.9. The molecule has 2 aromatic rings. The number of nitrogens with zero attached hydrogens (tertiary/aromatic N) is 2. The highest BCUT2D eigenvalue weighted by Crippen LogP contribution is 2.30. The molecule has 0 amide bonds. The molecule has 0 saturated carbocycles. The van der Waals surface area contributed by atoms with Crippen molar-refractivity contribution in [3.63, 3.8) is 0 Å². The van der Waals surface area contributed by atoms with Gasteiger partial charge in [-0.2, -0.15) is 4.98 Å². The molecule has 112 valence electrons. The van der Waals surface area contributed by atoms with E-state index in [-0.39, 0.29) is 11.8 Å². The third kappa shape index (κ3) is 3.31. The molecule has 0 radical (unpaired) electrons.